The van der Waals surface area contributed by atoms with Crippen molar-refractivity contribution >= 4 is 0 Å². The van der Waals surface area contributed by atoms with Crippen molar-refractivity contribution in [3.63, 3.8) is 0 Å². The van der Waals surface area contributed by atoms with Crippen LogP contribution >= 0.6 is 0 Å². The smallest absolute Gasteiger partial charge is 0.286 e. The molecule has 13 nitrogen and oxygen atoms in total. The molecule has 0 aromatic carbocycles. The maximum atomic E-state index is 12.6. The summed E-state index contributed by atoms with van der Waals surface area (Å²) in [5.74, 6) is -3.90. The van der Waals surface area contributed by atoms with Gasteiger partial charge in [0.2, 0.25) is 0 Å². The summed E-state index contributed by atoms with van der Waals surface area (Å²) in [5, 5.41) is 47.7. The number of aliphatic hydroxyl groups excluding tert-OH is 2. The van der Waals surface area contributed by atoms with Gasteiger partial charge in [-0.05, 0) is 85.7 Å². The highest BCUT2D eigenvalue weighted by Gasteiger charge is 2.64. The van der Waals surface area contributed by atoms with E-state index in [0.717, 1.165) is 25.9 Å². The van der Waals surface area contributed by atoms with Crippen molar-refractivity contribution in [3.8, 4) is 0 Å². The van der Waals surface area contributed by atoms with E-state index in [2.05, 4.69) is 32.6 Å². The SMILES string of the molecule is CCCN(CCC)C1C[C@@H](C)O[C@@H](O[C@@H]2[C@@H](C)[C@H](O[C@H]3CC(C)(OC)[C@@H](O)C(C)O3)[C@@H](C)[C@@]3(O)O[C@H]([C@@H](C)C4O[C@@]2(C)C[C@@H]4C)[C@](C)(O)[C@@H](CC)O3)C1O. The zero-order valence-electron chi connectivity index (χ0n) is 35.4. The highest BCUT2D eigenvalue weighted by atomic mass is 16.8. The molecule has 5 saturated heterocycles. The van der Waals surface area contributed by atoms with Gasteiger partial charge in [-0.3, -0.25) is 4.90 Å². The van der Waals surface area contributed by atoms with Crippen LogP contribution in [0.4, 0.5) is 0 Å². The first-order chi connectivity index (χ1) is 25.2. The van der Waals surface area contributed by atoms with Gasteiger partial charge in [0.25, 0.3) is 5.97 Å². The molecule has 5 aliphatic rings. The monoisotopic (exact) mass is 774 g/mol. The first-order valence-electron chi connectivity index (χ1n) is 20.9. The number of hydrogen-bond acceptors (Lipinski definition) is 13. The fourth-order valence-corrected chi connectivity index (χ4v) is 10.7. The van der Waals surface area contributed by atoms with E-state index < -0.39 is 89.9 Å². The van der Waals surface area contributed by atoms with E-state index >= 15 is 0 Å². The highest BCUT2D eigenvalue weighted by molar-refractivity contribution is 5.07. The second-order valence-electron chi connectivity index (χ2n) is 18.2. The summed E-state index contributed by atoms with van der Waals surface area (Å²) >= 11 is 0. The van der Waals surface area contributed by atoms with Crippen molar-refractivity contribution in [3.05, 3.63) is 0 Å². The summed E-state index contributed by atoms with van der Waals surface area (Å²) in [4.78, 5) is 2.35. The van der Waals surface area contributed by atoms with Crippen LogP contribution < -0.4 is 0 Å². The third kappa shape index (κ3) is 8.33. The van der Waals surface area contributed by atoms with Crippen molar-refractivity contribution in [1.29, 1.82) is 0 Å². The van der Waals surface area contributed by atoms with Crippen molar-refractivity contribution in [1.82, 2.24) is 4.90 Å². The molecule has 5 aliphatic heterocycles. The summed E-state index contributed by atoms with van der Waals surface area (Å²) in [6.07, 6.45) is -4.09. The molecular weight excluding hydrogens is 698 g/mol. The van der Waals surface area contributed by atoms with Gasteiger partial charge in [0.15, 0.2) is 12.6 Å². The molecule has 0 saturated carbocycles. The van der Waals surface area contributed by atoms with Crippen molar-refractivity contribution in [2.24, 2.45) is 23.7 Å². The minimum Gasteiger partial charge on any atom is -0.387 e. The molecule has 0 amide bonds. The molecule has 316 valence electrons. The van der Waals surface area contributed by atoms with Gasteiger partial charge in [-0.2, -0.15) is 0 Å². The third-order valence-corrected chi connectivity index (χ3v) is 13.7. The molecule has 54 heavy (non-hydrogen) atoms. The summed E-state index contributed by atoms with van der Waals surface area (Å²) in [5.41, 5.74) is -3.31. The molecule has 13 heteroatoms. The van der Waals surface area contributed by atoms with Crippen LogP contribution in [0.5, 0.6) is 0 Å². The Labute approximate surface area is 324 Å². The second kappa shape index (κ2) is 17.0. The number of hydrogen-bond donors (Lipinski definition) is 4. The fraction of sp³-hybridized carbons (Fsp3) is 1.00. The zero-order valence-corrected chi connectivity index (χ0v) is 35.4. The highest BCUT2D eigenvalue weighted by Crippen LogP contribution is 2.52. The topological polar surface area (TPSA) is 158 Å². The molecule has 0 radical (unpaired) electrons. The molecule has 5 rings (SSSR count). The molecule has 0 spiro atoms. The lowest BCUT2D eigenvalue weighted by Crippen LogP contribution is -2.69. The molecular formula is C41H75NO12. The molecule has 0 aromatic heterocycles. The van der Waals surface area contributed by atoms with Gasteiger partial charge in [-0.25, -0.2) is 0 Å². The van der Waals surface area contributed by atoms with Crippen LogP contribution in [0.25, 0.3) is 0 Å². The minimum atomic E-state index is -2.18. The van der Waals surface area contributed by atoms with Crippen molar-refractivity contribution < 1.29 is 58.3 Å². The average molecular weight is 774 g/mol. The lowest BCUT2D eigenvalue weighted by atomic mass is 9.74. The van der Waals surface area contributed by atoms with Crippen LogP contribution in [0.2, 0.25) is 0 Å². The standard InChI is InChI=1S/C41H75NO12/c1-14-17-42(18-15-2)28-19-23(5)48-37(31(28)43)51-35-25(7)33(50-30-21-38(10,47-13)34(44)27(9)49-30)26(8)41(46)52-29(16-3)40(12,45)36(54-41)24(6)32-22(4)20-39(35,11)53-32/h22-37,43-46H,14-21H2,1-13H3/t22-,23+,24-,25-,26+,27?,28?,29+,30-,31?,32?,33-,34-,35+,36+,37-,38?,39-,40+,41-/m0/s1. The number of ether oxygens (including phenoxy) is 8. The molecule has 0 aromatic rings. The first-order valence-corrected chi connectivity index (χ1v) is 20.9. The largest absolute Gasteiger partial charge is 0.387 e. The summed E-state index contributed by atoms with van der Waals surface area (Å²) in [6, 6.07) is -0.156. The van der Waals surface area contributed by atoms with Crippen LogP contribution in [0.3, 0.4) is 0 Å². The maximum absolute atomic E-state index is 12.6. The number of methoxy groups -OCH3 is 1. The lowest BCUT2D eigenvalue weighted by molar-refractivity contribution is -0.481. The molecule has 0 aliphatic carbocycles. The Morgan fingerprint density at radius 2 is 1.46 bits per heavy atom. The van der Waals surface area contributed by atoms with Gasteiger partial charge >= 0.3 is 0 Å². The summed E-state index contributed by atoms with van der Waals surface area (Å²) in [7, 11) is 1.56. The molecule has 5 fully saturated rings. The van der Waals surface area contributed by atoms with Crippen LogP contribution in [0.15, 0.2) is 0 Å². The molecule has 20 atom stereocenters. The van der Waals surface area contributed by atoms with Gasteiger partial charge in [-0.15, -0.1) is 0 Å². The first kappa shape index (κ1) is 44.6. The van der Waals surface area contributed by atoms with Crippen LogP contribution in [-0.2, 0) is 37.9 Å². The molecule has 4 N–H and O–H groups in total. The van der Waals surface area contributed by atoms with E-state index in [1.165, 1.54) is 0 Å². The van der Waals surface area contributed by atoms with E-state index in [1.54, 1.807) is 21.0 Å². The fourth-order valence-electron chi connectivity index (χ4n) is 10.7. The summed E-state index contributed by atoms with van der Waals surface area (Å²) in [6.45, 7) is 25.3. The van der Waals surface area contributed by atoms with Gasteiger partial charge < -0.3 is 58.3 Å². The Bertz CT molecular complexity index is 1220. The Kier molecular flexibility index (Phi) is 14.0. The van der Waals surface area contributed by atoms with Crippen LogP contribution in [0, 0.1) is 23.7 Å². The van der Waals surface area contributed by atoms with Crippen molar-refractivity contribution in [2.75, 3.05) is 20.2 Å². The van der Waals surface area contributed by atoms with Crippen molar-refractivity contribution in [2.45, 2.75) is 218 Å². The zero-order chi connectivity index (χ0) is 40.1. The Morgan fingerprint density at radius 3 is 2.06 bits per heavy atom. The summed E-state index contributed by atoms with van der Waals surface area (Å²) < 4.78 is 52.8. The lowest BCUT2D eigenvalue weighted by Gasteiger charge is -2.55. The van der Waals surface area contributed by atoms with Crippen LogP contribution in [0.1, 0.15) is 122 Å². The van der Waals surface area contributed by atoms with E-state index in [-0.39, 0.29) is 36.5 Å². The number of nitrogens with zero attached hydrogens (tertiary/aromatic N) is 1. The van der Waals surface area contributed by atoms with Gasteiger partial charge in [0.1, 0.15) is 17.8 Å². The maximum Gasteiger partial charge on any atom is 0.286 e. The molecule has 4 bridgehead atoms. The minimum absolute atomic E-state index is 0.0230. The Morgan fingerprint density at radius 1 is 0.815 bits per heavy atom. The third-order valence-electron chi connectivity index (χ3n) is 13.7. The Hall–Kier alpha value is -0.520. The number of aliphatic hydroxyl groups is 4. The molecule has 5 unspecified atom stereocenters. The average Bonchev–Trinajstić information content (AvgIpc) is 3.43. The van der Waals surface area contributed by atoms with Gasteiger partial charge in [0, 0.05) is 31.4 Å². The van der Waals surface area contributed by atoms with Crippen LogP contribution in [-0.4, -0.2) is 142 Å². The van der Waals surface area contributed by atoms with E-state index in [4.69, 9.17) is 37.9 Å². The second-order valence-corrected chi connectivity index (χ2v) is 18.2. The van der Waals surface area contributed by atoms with E-state index in [0.29, 0.717) is 19.3 Å². The predicted octanol–water partition coefficient (Wildman–Crippen LogP) is 4.34. The predicted molar refractivity (Wildman–Crippen MR) is 201 cm³/mol. The molecule has 5 heterocycles. The number of rotatable bonds is 11. The van der Waals surface area contributed by atoms with E-state index in [1.807, 2.05) is 41.5 Å². The van der Waals surface area contributed by atoms with E-state index in [9.17, 15) is 20.4 Å². The van der Waals surface area contributed by atoms with Gasteiger partial charge in [0.05, 0.1) is 59.8 Å². The Balaban J connectivity index is 1.61. The van der Waals surface area contributed by atoms with Gasteiger partial charge in [-0.1, -0.05) is 48.5 Å². The quantitative estimate of drug-likeness (QED) is 0.235. The number of fused-ring (bicyclic) bond motifs is 4. The normalized spacial score (nSPS) is 53.0.